The standard InChI is InChI=1S/C15H21BrIN3O2/c1-9-11(17)12(16)18-20(9)10-5-15(6-10)7-19(8-15)13(21)22-14(2,3)4/h10H,5-8H2,1-4H3. The van der Waals surface area contributed by atoms with Crippen molar-refractivity contribution in [1.82, 2.24) is 14.7 Å². The first-order chi connectivity index (χ1) is 10.1. The highest BCUT2D eigenvalue weighted by atomic mass is 127. The van der Waals surface area contributed by atoms with Crippen LogP contribution in [0.1, 0.15) is 45.3 Å². The fourth-order valence-electron chi connectivity index (χ4n) is 3.41. The maximum Gasteiger partial charge on any atom is 0.410 e. The molecule has 1 saturated carbocycles. The molecule has 3 rings (SSSR count). The van der Waals surface area contributed by atoms with Gasteiger partial charge in [0.25, 0.3) is 0 Å². The van der Waals surface area contributed by atoms with E-state index >= 15 is 0 Å². The van der Waals surface area contributed by atoms with E-state index in [-0.39, 0.29) is 11.5 Å². The molecule has 1 spiro atoms. The van der Waals surface area contributed by atoms with Gasteiger partial charge in [-0.05, 0) is 79.1 Å². The Labute approximate surface area is 153 Å². The lowest BCUT2D eigenvalue weighted by molar-refractivity contribution is -0.0931. The monoisotopic (exact) mass is 481 g/mol. The molecule has 0 aromatic carbocycles. The van der Waals surface area contributed by atoms with Crippen LogP contribution < -0.4 is 0 Å². The lowest BCUT2D eigenvalue weighted by Gasteiger charge is -2.58. The minimum atomic E-state index is -0.420. The Hall–Kier alpha value is -0.310. The van der Waals surface area contributed by atoms with E-state index in [1.807, 2.05) is 25.7 Å². The molecule has 0 atom stereocenters. The fourth-order valence-corrected chi connectivity index (χ4v) is 4.22. The molecule has 1 aliphatic carbocycles. The summed E-state index contributed by atoms with van der Waals surface area (Å²) in [4.78, 5) is 13.8. The number of likely N-dealkylation sites (tertiary alicyclic amines) is 1. The predicted molar refractivity (Wildman–Crippen MR) is 95.9 cm³/mol. The SMILES string of the molecule is Cc1c(I)c(Br)nn1C1CC2(C1)CN(C(=O)OC(C)(C)C)C2. The van der Waals surface area contributed by atoms with Gasteiger partial charge in [-0.2, -0.15) is 5.10 Å². The topological polar surface area (TPSA) is 47.4 Å². The van der Waals surface area contributed by atoms with Gasteiger partial charge in [-0.15, -0.1) is 0 Å². The largest absolute Gasteiger partial charge is 0.444 e. The number of hydrogen-bond acceptors (Lipinski definition) is 3. The summed E-state index contributed by atoms with van der Waals surface area (Å²) in [5.74, 6) is 0. The van der Waals surface area contributed by atoms with Crippen molar-refractivity contribution >= 4 is 44.6 Å². The highest BCUT2D eigenvalue weighted by molar-refractivity contribution is 14.1. The third-order valence-electron chi connectivity index (χ3n) is 4.43. The van der Waals surface area contributed by atoms with Crippen molar-refractivity contribution in [3.63, 3.8) is 0 Å². The fraction of sp³-hybridized carbons (Fsp3) is 0.733. The zero-order chi connectivity index (χ0) is 16.3. The minimum absolute atomic E-state index is 0.186. The van der Waals surface area contributed by atoms with Gasteiger partial charge in [-0.3, -0.25) is 4.68 Å². The molecule has 0 radical (unpaired) electrons. The van der Waals surface area contributed by atoms with Gasteiger partial charge in [0.15, 0.2) is 0 Å². The first-order valence-corrected chi connectivity index (χ1v) is 9.35. The van der Waals surface area contributed by atoms with Crippen LogP contribution in [0.15, 0.2) is 4.60 Å². The lowest BCUT2D eigenvalue weighted by Crippen LogP contribution is -2.64. The molecule has 0 bridgehead atoms. The van der Waals surface area contributed by atoms with E-state index in [1.165, 1.54) is 9.26 Å². The Morgan fingerprint density at radius 1 is 1.41 bits per heavy atom. The van der Waals surface area contributed by atoms with Crippen LogP contribution in [0.3, 0.4) is 0 Å². The van der Waals surface area contributed by atoms with Crippen LogP contribution in [0.4, 0.5) is 4.79 Å². The van der Waals surface area contributed by atoms with Gasteiger partial charge >= 0.3 is 6.09 Å². The second-order valence-electron chi connectivity index (χ2n) is 7.53. The zero-order valence-corrected chi connectivity index (χ0v) is 17.1. The Kier molecular flexibility index (Phi) is 4.03. The number of aromatic nitrogens is 2. The second-order valence-corrected chi connectivity index (χ2v) is 9.36. The molecule has 1 aromatic rings. The summed E-state index contributed by atoms with van der Waals surface area (Å²) in [6.07, 6.45) is 2.00. The first-order valence-electron chi connectivity index (χ1n) is 7.48. The molecule has 0 N–H and O–H groups in total. The zero-order valence-electron chi connectivity index (χ0n) is 13.3. The van der Waals surface area contributed by atoms with Crippen LogP contribution in [0.25, 0.3) is 0 Å². The number of rotatable bonds is 1. The van der Waals surface area contributed by atoms with Gasteiger partial charge in [0.2, 0.25) is 0 Å². The summed E-state index contributed by atoms with van der Waals surface area (Å²) in [7, 11) is 0. The minimum Gasteiger partial charge on any atom is -0.444 e. The number of nitrogens with zero attached hydrogens (tertiary/aromatic N) is 3. The molecule has 22 heavy (non-hydrogen) atoms. The summed E-state index contributed by atoms with van der Waals surface area (Å²) in [5.41, 5.74) is 1.09. The van der Waals surface area contributed by atoms with Crippen LogP contribution in [-0.4, -0.2) is 39.5 Å². The highest BCUT2D eigenvalue weighted by Crippen LogP contribution is 2.54. The van der Waals surface area contributed by atoms with Crippen molar-refractivity contribution in [2.45, 2.75) is 52.2 Å². The van der Waals surface area contributed by atoms with Crippen molar-refractivity contribution < 1.29 is 9.53 Å². The van der Waals surface area contributed by atoms with Gasteiger partial charge < -0.3 is 9.64 Å². The molecule has 5 nitrogen and oxygen atoms in total. The average Bonchev–Trinajstić information content (AvgIpc) is 2.51. The van der Waals surface area contributed by atoms with Gasteiger partial charge in [0, 0.05) is 18.5 Å². The predicted octanol–water partition coefficient (Wildman–Crippen LogP) is 4.13. The Bertz CT molecular complexity index is 609. The maximum atomic E-state index is 12.0. The normalized spacial score (nSPS) is 20.7. The van der Waals surface area contributed by atoms with Crippen LogP contribution in [0, 0.1) is 15.9 Å². The molecule has 0 unspecified atom stereocenters. The third kappa shape index (κ3) is 2.90. The summed E-state index contributed by atoms with van der Waals surface area (Å²) < 4.78 is 9.66. The van der Waals surface area contributed by atoms with Crippen LogP contribution in [0.5, 0.6) is 0 Å². The maximum absolute atomic E-state index is 12.0. The summed E-state index contributed by atoms with van der Waals surface area (Å²) in [5, 5.41) is 4.58. The molecule has 1 saturated heterocycles. The molecule has 122 valence electrons. The second kappa shape index (κ2) is 5.36. The number of hydrogen-bond donors (Lipinski definition) is 0. The summed E-state index contributed by atoms with van der Waals surface area (Å²) in [6.45, 7) is 9.45. The molecular weight excluding hydrogens is 461 g/mol. The van der Waals surface area contributed by atoms with Crippen LogP contribution in [-0.2, 0) is 4.74 Å². The molecule has 1 aromatic heterocycles. The number of ether oxygens (including phenoxy) is 1. The Balaban J connectivity index is 1.55. The van der Waals surface area contributed by atoms with E-state index in [4.69, 9.17) is 4.74 Å². The van der Waals surface area contributed by atoms with E-state index in [9.17, 15) is 4.79 Å². The summed E-state index contributed by atoms with van der Waals surface area (Å²) in [6, 6.07) is 0.459. The highest BCUT2D eigenvalue weighted by Gasteiger charge is 2.55. The van der Waals surface area contributed by atoms with E-state index in [0.717, 1.165) is 30.5 Å². The van der Waals surface area contributed by atoms with E-state index in [1.54, 1.807) is 0 Å². The Morgan fingerprint density at radius 3 is 2.45 bits per heavy atom. The Morgan fingerprint density at radius 2 is 2.00 bits per heavy atom. The number of amides is 1. The number of carbonyl (C=O) groups excluding carboxylic acids is 1. The molecule has 2 aliphatic rings. The molecule has 2 fully saturated rings. The quantitative estimate of drug-likeness (QED) is 0.566. The summed E-state index contributed by atoms with van der Waals surface area (Å²) >= 11 is 5.82. The van der Waals surface area contributed by atoms with Crippen LogP contribution >= 0.6 is 38.5 Å². The molecule has 1 amide bonds. The van der Waals surface area contributed by atoms with Crippen molar-refractivity contribution in [2.24, 2.45) is 5.41 Å². The molecule has 2 heterocycles. The van der Waals surface area contributed by atoms with E-state index < -0.39 is 5.60 Å². The van der Waals surface area contributed by atoms with Gasteiger partial charge in [0.1, 0.15) is 10.2 Å². The van der Waals surface area contributed by atoms with Crippen LogP contribution in [0.2, 0.25) is 0 Å². The molecular formula is C15H21BrIN3O2. The van der Waals surface area contributed by atoms with Crippen molar-refractivity contribution in [3.8, 4) is 0 Å². The smallest absolute Gasteiger partial charge is 0.410 e. The lowest BCUT2D eigenvalue weighted by atomic mass is 9.61. The third-order valence-corrected chi connectivity index (χ3v) is 7.01. The van der Waals surface area contributed by atoms with Crippen molar-refractivity contribution in [3.05, 3.63) is 13.9 Å². The molecule has 7 heteroatoms. The van der Waals surface area contributed by atoms with E-state index in [0.29, 0.717) is 6.04 Å². The first kappa shape index (κ1) is 16.5. The van der Waals surface area contributed by atoms with E-state index in [2.05, 4.69) is 55.2 Å². The average molecular weight is 482 g/mol. The van der Waals surface area contributed by atoms with Crippen molar-refractivity contribution in [1.29, 1.82) is 0 Å². The van der Waals surface area contributed by atoms with Gasteiger partial charge in [-0.1, -0.05) is 0 Å². The molecule has 1 aliphatic heterocycles. The van der Waals surface area contributed by atoms with Crippen molar-refractivity contribution in [2.75, 3.05) is 13.1 Å². The number of halogens is 2. The van der Waals surface area contributed by atoms with Gasteiger partial charge in [0.05, 0.1) is 15.3 Å². The van der Waals surface area contributed by atoms with Gasteiger partial charge in [-0.25, -0.2) is 4.79 Å². The number of carbonyl (C=O) groups is 1.